The van der Waals surface area contributed by atoms with Gasteiger partial charge >= 0.3 is 0 Å². The van der Waals surface area contributed by atoms with Crippen LogP contribution in [0.25, 0.3) is 33.3 Å². The van der Waals surface area contributed by atoms with E-state index in [-0.39, 0.29) is 11.3 Å². The molecule has 4 aromatic rings. The Kier molecular flexibility index (Phi) is 2.21. The standard InChI is InChI=1S/C22H23N2O/c1-13(2)18-7-9-20-22(23-18)17-10-15(4)16(11-21(17)25-20)19-8-6-14(3)12-24(19)5/h6-13H,1-5H3/q+1/i1D3,3D3,13D. The van der Waals surface area contributed by atoms with Crippen molar-refractivity contribution in [3.05, 3.63) is 59.4 Å². The van der Waals surface area contributed by atoms with Crippen LogP contribution >= 0.6 is 0 Å². The second-order valence-corrected chi connectivity index (χ2v) is 6.35. The van der Waals surface area contributed by atoms with Gasteiger partial charge in [0, 0.05) is 32.3 Å². The molecule has 25 heavy (non-hydrogen) atoms. The third-order valence-corrected chi connectivity index (χ3v) is 4.45. The third-order valence-electron chi connectivity index (χ3n) is 4.45. The van der Waals surface area contributed by atoms with E-state index in [2.05, 4.69) is 4.98 Å². The van der Waals surface area contributed by atoms with E-state index in [0.717, 1.165) is 22.2 Å². The number of rotatable bonds is 2. The fraction of sp³-hybridized carbons (Fsp3) is 0.273. The predicted octanol–water partition coefficient (Wildman–Crippen LogP) is 5.21. The molecule has 0 spiro atoms. The van der Waals surface area contributed by atoms with E-state index in [9.17, 15) is 0 Å². The lowest BCUT2D eigenvalue weighted by Crippen LogP contribution is -2.31. The largest absolute Gasteiger partial charge is 0.454 e. The number of aryl methyl sites for hydroxylation is 3. The van der Waals surface area contributed by atoms with Crippen molar-refractivity contribution in [2.24, 2.45) is 7.05 Å². The topological polar surface area (TPSA) is 29.9 Å². The van der Waals surface area contributed by atoms with E-state index >= 15 is 0 Å². The molecule has 3 heterocycles. The monoisotopic (exact) mass is 338 g/mol. The van der Waals surface area contributed by atoms with Crippen molar-refractivity contribution in [2.45, 2.75) is 33.4 Å². The van der Waals surface area contributed by atoms with Gasteiger partial charge in [0.05, 0.1) is 5.56 Å². The molecule has 126 valence electrons. The number of hydrogen-bond donors (Lipinski definition) is 0. The molecule has 3 aromatic heterocycles. The molecule has 1 atom stereocenters. The Bertz CT molecular complexity index is 1350. The maximum atomic E-state index is 8.33. The normalized spacial score (nSPS) is 19.2. The zero-order chi connectivity index (χ0) is 23.6. The van der Waals surface area contributed by atoms with Gasteiger partial charge in [-0.05, 0) is 55.6 Å². The molecule has 1 unspecified atom stereocenters. The van der Waals surface area contributed by atoms with Gasteiger partial charge in [-0.1, -0.05) is 13.8 Å². The highest BCUT2D eigenvalue weighted by molar-refractivity contribution is 6.04. The number of fused-ring (bicyclic) bond motifs is 3. The summed E-state index contributed by atoms with van der Waals surface area (Å²) >= 11 is 0. The molecule has 3 heteroatoms. The van der Waals surface area contributed by atoms with Gasteiger partial charge in [-0.2, -0.15) is 0 Å². The average Bonchev–Trinajstić information content (AvgIpc) is 3.02. The van der Waals surface area contributed by atoms with Crippen molar-refractivity contribution in [3.63, 3.8) is 0 Å². The van der Waals surface area contributed by atoms with Crippen LogP contribution < -0.4 is 4.57 Å². The SMILES string of the molecule is [2H]C([2H])([2H])c1ccc(-c2cc3oc4ccc(C([2H])(C)C([2H])([2H])[2H])nc4c3cc2C)[n+](C)c1. The van der Waals surface area contributed by atoms with Crippen LogP contribution in [0.5, 0.6) is 0 Å². The van der Waals surface area contributed by atoms with Gasteiger partial charge in [0.1, 0.15) is 18.1 Å². The Morgan fingerprint density at radius 1 is 1.20 bits per heavy atom. The highest BCUT2D eigenvalue weighted by Gasteiger charge is 2.17. The molecule has 0 amide bonds. The quantitative estimate of drug-likeness (QED) is 0.469. The minimum Gasteiger partial charge on any atom is -0.454 e. The fourth-order valence-corrected chi connectivity index (χ4v) is 3.17. The smallest absolute Gasteiger partial charge is 0.212 e. The summed E-state index contributed by atoms with van der Waals surface area (Å²) < 4.78 is 61.9. The van der Waals surface area contributed by atoms with E-state index in [1.54, 1.807) is 36.0 Å². The molecule has 3 nitrogen and oxygen atoms in total. The van der Waals surface area contributed by atoms with Crippen LogP contribution in [0.1, 0.15) is 46.1 Å². The first-order valence-electron chi connectivity index (χ1n) is 11.5. The Balaban J connectivity index is 1.88. The first kappa shape index (κ1) is 9.71. The van der Waals surface area contributed by atoms with Crippen LogP contribution in [0.2, 0.25) is 0 Å². The second kappa shape index (κ2) is 5.69. The van der Waals surface area contributed by atoms with Crippen LogP contribution in [-0.2, 0) is 7.05 Å². The average molecular weight is 338 g/mol. The van der Waals surface area contributed by atoms with E-state index in [0.29, 0.717) is 16.7 Å². The first-order chi connectivity index (χ1) is 14.7. The number of furan rings is 1. The molecule has 0 saturated carbocycles. The Labute approximate surface area is 157 Å². The third kappa shape index (κ3) is 2.60. The molecule has 4 rings (SSSR count). The van der Waals surface area contributed by atoms with Crippen LogP contribution in [0.3, 0.4) is 0 Å². The molecule has 0 fully saturated rings. The van der Waals surface area contributed by atoms with Gasteiger partial charge in [-0.25, -0.2) is 9.55 Å². The molecule has 1 aromatic carbocycles. The molecule has 0 saturated heterocycles. The molecule has 0 aliphatic carbocycles. The summed E-state index contributed by atoms with van der Waals surface area (Å²) in [6.07, 6.45) is 1.60. The van der Waals surface area contributed by atoms with Crippen LogP contribution in [-0.4, -0.2) is 4.98 Å². The number of aromatic nitrogens is 2. The molecule has 0 aliphatic rings. The summed E-state index contributed by atoms with van der Waals surface area (Å²) in [4.78, 5) is 4.49. The molecule has 0 N–H and O–H groups in total. The number of hydrogen-bond acceptors (Lipinski definition) is 2. The second-order valence-electron chi connectivity index (χ2n) is 6.35. The Morgan fingerprint density at radius 2 is 2.08 bits per heavy atom. The molecule has 0 bridgehead atoms. The highest BCUT2D eigenvalue weighted by Crippen LogP contribution is 2.33. The summed E-state index contributed by atoms with van der Waals surface area (Å²) in [5, 5.41) is 0.728. The number of nitrogens with zero attached hydrogens (tertiary/aromatic N) is 2. The molecular weight excluding hydrogens is 308 g/mol. The van der Waals surface area contributed by atoms with Crippen LogP contribution in [0.4, 0.5) is 0 Å². The lowest BCUT2D eigenvalue weighted by Gasteiger charge is -2.05. The van der Waals surface area contributed by atoms with Gasteiger partial charge in [-0.3, -0.25) is 0 Å². The van der Waals surface area contributed by atoms with Gasteiger partial charge in [-0.15, -0.1) is 0 Å². The van der Waals surface area contributed by atoms with Gasteiger partial charge in [0.15, 0.2) is 11.8 Å². The minimum atomic E-state index is -2.52. The highest BCUT2D eigenvalue weighted by atomic mass is 16.3. The number of benzene rings is 1. The summed E-state index contributed by atoms with van der Waals surface area (Å²) in [5.74, 6) is -1.85. The summed E-state index contributed by atoms with van der Waals surface area (Å²) in [5.41, 5.74) is 4.63. The zero-order valence-electron chi connectivity index (χ0n) is 21.3. The molecule has 0 aliphatic heterocycles. The lowest BCUT2D eigenvalue weighted by atomic mass is 10.0. The van der Waals surface area contributed by atoms with Gasteiger partial charge in [0.2, 0.25) is 5.69 Å². The van der Waals surface area contributed by atoms with E-state index in [1.807, 2.05) is 19.1 Å². The van der Waals surface area contributed by atoms with Crippen molar-refractivity contribution in [1.82, 2.24) is 4.98 Å². The van der Waals surface area contributed by atoms with Crippen molar-refractivity contribution in [3.8, 4) is 11.3 Å². The summed E-state index contributed by atoms with van der Waals surface area (Å²) in [6, 6.07) is 10.3. The first-order valence-corrected chi connectivity index (χ1v) is 8.05. The van der Waals surface area contributed by atoms with E-state index < -0.39 is 19.6 Å². The molecule has 0 radical (unpaired) electrons. The fourth-order valence-electron chi connectivity index (χ4n) is 3.17. The summed E-state index contributed by atoms with van der Waals surface area (Å²) in [7, 11) is 1.80. The molecular formula is C22H23N2O+. The minimum absolute atomic E-state index is 0.154. The zero-order valence-corrected chi connectivity index (χ0v) is 14.3. The van der Waals surface area contributed by atoms with Crippen LogP contribution in [0.15, 0.2) is 47.0 Å². The van der Waals surface area contributed by atoms with Crippen molar-refractivity contribution < 1.29 is 18.6 Å². The van der Waals surface area contributed by atoms with E-state index in [1.165, 1.54) is 13.0 Å². The van der Waals surface area contributed by atoms with Crippen molar-refractivity contribution >= 4 is 22.1 Å². The lowest BCUT2D eigenvalue weighted by molar-refractivity contribution is -0.660. The van der Waals surface area contributed by atoms with Crippen LogP contribution in [0, 0.1) is 13.8 Å². The van der Waals surface area contributed by atoms with Gasteiger partial charge in [0.25, 0.3) is 0 Å². The van der Waals surface area contributed by atoms with E-state index in [4.69, 9.17) is 14.0 Å². The number of pyridine rings is 2. The Hall–Kier alpha value is -2.68. The Morgan fingerprint density at radius 3 is 2.84 bits per heavy atom. The maximum absolute atomic E-state index is 8.33. The van der Waals surface area contributed by atoms with Gasteiger partial charge < -0.3 is 4.42 Å². The summed E-state index contributed by atoms with van der Waals surface area (Å²) in [6.45, 7) is -1.43. The maximum Gasteiger partial charge on any atom is 0.212 e. The van der Waals surface area contributed by atoms with Crippen molar-refractivity contribution in [2.75, 3.05) is 0 Å². The van der Waals surface area contributed by atoms with Crippen molar-refractivity contribution in [1.29, 1.82) is 0 Å². The predicted molar refractivity (Wildman–Crippen MR) is 102 cm³/mol.